The van der Waals surface area contributed by atoms with E-state index in [4.69, 9.17) is 5.73 Å². The minimum atomic E-state index is -0.195. The molecule has 0 saturated carbocycles. The molecule has 0 aliphatic carbocycles. The average molecular weight is 408 g/mol. The number of nitrogens with zero attached hydrogens (tertiary/aromatic N) is 3. The van der Waals surface area contributed by atoms with Crippen LogP contribution in [0.15, 0.2) is 65.8 Å². The molecule has 1 unspecified atom stereocenters. The van der Waals surface area contributed by atoms with Crippen LogP contribution in [0.1, 0.15) is 19.4 Å². The Bertz CT molecular complexity index is 1000. The van der Waals surface area contributed by atoms with Crippen molar-refractivity contribution in [1.29, 1.82) is 0 Å². The Morgan fingerprint density at radius 2 is 2.17 bits per heavy atom. The van der Waals surface area contributed by atoms with Crippen LogP contribution in [0.2, 0.25) is 0 Å². The molecule has 6 heteroatoms. The van der Waals surface area contributed by atoms with Crippen LogP contribution in [0.4, 0.5) is 11.5 Å². The first-order valence-corrected chi connectivity index (χ1v) is 10.2. The minimum Gasteiger partial charge on any atom is -0.398 e. The lowest BCUT2D eigenvalue weighted by Crippen LogP contribution is -2.24. The predicted octanol–water partition coefficient (Wildman–Crippen LogP) is 3.96. The number of rotatable bonds is 9. The van der Waals surface area contributed by atoms with Crippen molar-refractivity contribution in [3.05, 3.63) is 76.9 Å². The zero-order valence-corrected chi connectivity index (χ0v) is 18.6. The van der Waals surface area contributed by atoms with Crippen LogP contribution >= 0.6 is 0 Å². The van der Waals surface area contributed by atoms with E-state index >= 15 is 0 Å². The van der Waals surface area contributed by atoms with Crippen molar-refractivity contribution < 1.29 is 0 Å². The quantitative estimate of drug-likeness (QED) is 0.374. The molecule has 1 heterocycles. The maximum atomic E-state index is 12.7. The van der Waals surface area contributed by atoms with Crippen molar-refractivity contribution in [2.45, 2.75) is 20.8 Å². The zero-order chi connectivity index (χ0) is 22.3. The second-order valence-electron chi connectivity index (χ2n) is 7.39. The van der Waals surface area contributed by atoms with Gasteiger partial charge in [0.1, 0.15) is 0 Å². The van der Waals surface area contributed by atoms with Crippen molar-refractivity contribution in [2.75, 3.05) is 31.2 Å². The number of allylic oxidation sites excluding steroid dienone is 2. The molecule has 0 spiro atoms. The lowest BCUT2D eigenvalue weighted by molar-refractivity contribution is 0.335. The summed E-state index contributed by atoms with van der Waals surface area (Å²) in [5.41, 5.74) is 9.88. The molecule has 30 heavy (non-hydrogen) atoms. The molecular weight excluding hydrogens is 374 g/mol. The Morgan fingerprint density at radius 1 is 1.43 bits per heavy atom. The van der Waals surface area contributed by atoms with Crippen molar-refractivity contribution in [1.82, 2.24) is 14.5 Å². The van der Waals surface area contributed by atoms with Gasteiger partial charge in [0, 0.05) is 42.7 Å². The smallest absolute Gasteiger partial charge is 0.293 e. The zero-order valence-electron chi connectivity index (χ0n) is 18.6. The fraction of sp³-hybridized carbons (Fsp3) is 0.333. The predicted molar refractivity (Wildman–Crippen MR) is 127 cm³/mol. The van der Waals surface area contributed by atoms with Gasteiger partial charge in [-0.3, -0.25) is 4.79 Å². The Hall–Kier alpha value is -3.12. The highest BCUT2D eigenvalue weighted by Gasteiger charge is 2.12. The van der Waals surface area contributed by atoms with Gasteiger partial charge in [-0.2, -0.15) is 0 Å². The van der Waals surface area contributed by atoms with E-state index < -0.39 is 0 Å². The molecule has 0 aliphatic heterocycles. The molecule has 0 fully saturated rings. The normalized spacial score (nSPS) is 13.1. The van der Waals surface area contributed by atoms with Crippen LogP contribution in [0.25, 0.3) is 11.3 Å². The molecular formula is C24H33N5O. The summed E-state index contributed by atoms with van der Waals surface area (Å²) in [6.07, 6.45) is 9.62. The van der Waals surface area contributed by atoms with E-state index in [1.807, 2.05) is 50.3 Å². The van der Waals surface area contributed by atoms with Crippen LogP contribution in [0, 0.1) is 12.8 Å². The third-order valence-corrected chi connectivity index (χ3v) is 5.18. The van der Waals surface area contributed by atoms with Crippen molar-refractivity contribution in [3.63, 3.8) is 0 Å². The molecule has 0 saturated heterocycles. The molecule has 3 N–H and O–H groups in total. The third kappa shape index (κ3) is 5.70. The lowest BCUT2D eigenvalue weighted by atomic mass is 10.0. The lowest BCUT2D eigenvalue weighted by Gasteiger charge is -2.17. The molecule has 0 radical (unpaired) electrons. The van der Waals surface area contributed by atoms with Gasteiger partial charge in [-0.05, 0) is 45.1 Å². The van der Waals surface area contributed by atoms with Gasteiger partial charge in [-0.1, -0.05) is 37.3 Å². The molecule has 0 amide bonds. The van der Waals surface area contributed by atoms with Crippen LogP contribution in [0.3, 0.4) is 0 Å². The van der Waals surface area contributed by atoms with Gasteiger partial charge < -0.3 is 20.5 Å². The van der Waals surface area contributed by atoms with Gasteiger partial charge in [-0.25, -0.2) is 4.98 Å². The average Bonchev–Trinajstić information content (AvgIpc) is 2.74. The van der Waals surface area contributed by atoms with E-state index in [9.17, 15) is 4.79 Å². The first kappa shape index (κ1) is 23.2. The summed E-state index contributed by atoms with van der Waals surface area (Å²) < 4.78 is 1.53. The number of aryl methyl sites for hydroxylation is 1. The first-order valence-electron chi connectivity index (χ1n) is 10.2. The number of nitrogens with two attached hydrogens (primary N) is 1. The monoisotopic (exact) mass is 407 g/mol. The summed E-state index contributed by atoms with van der Waals surface area (Å²) in [7, 11) is 3.80. The Morgan fingerprint density at radius 3 is 2.80 bits per heavy atom. The minimum absolute atomic E-state index is 0.195. The van der Waals surface area contributed by atoms with Gasteiger partial charge in [-0.15, -0.1) is 6.58 Å². The van der Waals surface area contributed by atoms with E-state index in [0.29, 0.717) is 11.4 Å². The van der Waals surface area contributed by atoms with E-state index in [1.54, 1.807) is 13.2 Å². The second-order valence-corrected chi connectivity index (χ2v) is 7.39. The molecule has 6 nitrogen and oxygen atoms in total. The standard InChI is InChI=1S/C24H33N5O/c1-7-18(15-28(5)9-3)13-14-19(8-2)26-23-24(30)29(6)16-22(27-23)20-11-10-12-21(25)17(20)4/h7-8,10-14,16,18H,1,9,15,25H2,2-6H3,(H,26,27)/b14-13-,19-8+. The van der Waals surface area contributed by atoms with E-state index in [1.165, 1.54) is 4.57 Å². The Balaban J connectivity index is 2.33. The summed E-state index contributed by atoms with van der Waals surface area (Å²) >= 11 is 0. The fourth-order valence-electron chi connectivity index (χ4n) is 3.03. The molecule has 2 aromatic rings. The SMILES string of the molecule is C=CC(/C=C\C(=C/C)Nc1nc(-c2cccc(N)c2C)cn(C)c1=O)CN(C)CC. The molecule has 1 atom stereocenters. The highest BCUT2D eigenvalue weighted by molar-refractivity contribution is 5.70. The van der Waals surface area contributed by atoms with Crippen molar-refractivity contribution >= 4 is 11.5 Å². The Kier molecular flexibility index (Phi) is 8.18. The maximum absolute atomic E-state index is 12.7. The van der Waals surface area contributed by atoms with Crippen molar-refractivity contribution in [3.8, 4) is 11.3 Å². The highest BCUT2D eigenvalue weighted by atomic mass is 16.1. The number of hydrogen-bond donors (Lipinski definition) is 2. The highest BCUT2D eigenvalue weighted by Crippen LogP contribution is 2.25. The van der Waals surface area contributed by atoms with E-state index in [-0.39, 0.29) is 17.3 Å². The molecule has 1 aromatic carbocycles. The van der Waals surface area contributed by atoms with Crippen LogP contribution in [-0.4, -0.2) is 34.6 Å². The second kappa shape index (κ2) is 10.6. The van der Waals surface area contributed by atoms with Gasteiger partial charge in [0.25, 0.3) is 5.56 Å². The molecule has 160 valence electrons. The number of benzene rings is 1. The summed E-state index contributed by atoms with van der Waals surface area (Å²) in [6, 6.07) is 5.70. The molecule has 1 aromatic heterocycles. The Labute approximate surface area is 179 Å². The summed E-state index contributed by atoms with van der Waals surface area (Å²) in [5, 5.41) is 3.18. The fourth-order valence-corrected chi connectivity index (χ4v) is 3.03. The topological polar surface area (TPSA) is 76.2 Å². The van der Waals surface area contributed by atoms with Gasteiger partial charge >= 0.3 is 0 Å². The third-order valence-electron chi connectivity index (χ3n) is 5.18. The summed E-state index contributed by atoms with van der Waals surface area (Å²) in [6.45, 7) is 11.8. The van der Waals surface area contributed by atoms with Gasteiger partial charge in [0.15, 0.2) is 5.82 Å². The number of nitrogen functional groups attached to an aromatic ring is 1. The van der Waals surface area contributed by atoms with Gasteiger partial charge in [0.2, 0.25) is 0 Å². The molecule has 0 aliphatic rings. The maximum Gasteiger partial charge on any atom is 0.293 e. The molecule has 2 rings (SSSR count). The summed E-state index contributed by atoms with van der Waals surface area (Å²) in [5.74, 6) is 0.485. The number of anilines is 2. The summed E-state index contributed by atoms with van der Waals surface area (Å²) in [4.78, 5) is 19.5. The van der Waals surface area contributed by atoms with Crippen LogP contribution < -0.4 is 16.6 Å². The van der Waals surface area contributed by atoms with Crippen LogP contribution in [-0.2, 0) is 7.05 Å². The van der Waals surface area contributed by atoms with Crippen LogP contribution in [0.5, 0.6) is 0 Å². The number of aromatic nitrogens is 2. The molecule has 0 bridgehead atoms. The largest absolute Gasteiger partial charge is 0.398 e. The number of hydrogen-bond acceptors (Lipinski definition) is 5. The number of nitrogens with one attached hydrogen (secondary N) is 1. The van der Waals surface area contributed by atoms with Crippen molar-refractivity contribution in [2.24, 2.45) is 13.0 Å². The van der Waals surface area contributed by atoms with E-state index in [2.05, 4.69) is 41.8 Å². The van der Waals surface area contributed by atoms with Gasteiger partial charge in [0.05, 0.1) is 5.69 Å². The first-order chi connectivity index (χ1) is 14.3. The van der Waals surface area contributed by atoms with E-state index in [0.717, 1.165) is 29.9 Å².